The van der Waals surface area contributed by atoms with Crippen LogP contribution < -0.4 is 0 Å². The Labute approximate surface area is 293 Å². The zero-order valence-corrected chi connectivity index (χ0v) is 28.0. The molecule has 230 valence electrons. The van der Waals surface area contributed by atoms with Crippen molar-refractivity contribution in [2.24, 2.45) is 0 Å². The molecule has 10 rings (SSSR count). The topological polar surface area (TPSA) is 13.1 Å². The van der Waals surface area contributed by atoms with E-state index in [1.807, 2.05) is 41.7 Å². The van der Waals surface area contributed by atoms with Crippen LogP contribution in [0.5, 0.6) is 0 Å². The Hall–Kier alpha value is -5.48. The average Bonchev–Trinajstić information content (AvgIpc) is 3.68. The van der Waals surface area contributed by atoms with Gasteiger partial charge in [0.05, 0.1) is 0 Å². The second kappa shape index (κ2) is 11.6. The number of fused-ring (bicyclic) bond motifs is 8. The smallest absolute Gasteiger partial charge is 0.134 e. The third-order valence-electron chi connectivity index (χ3n) is 9.57. The lowest BCUT2D eigenvalue weighted by Crippen LogP contribution is -1.92. The van der Waals surface area contributed by atoms with Crippen LogP contribution in [-0.2, 0) is 0 Å². The van der Waals surface area contributed by atoms with Crippen molar-refractivity contribution in [3.05, 3.63) is 170 Å². The van der Waals surface area contributed by atoms with Gasteiger partial charge in [-0.15, -0.1) is 0 Å². The summed E-state index contributed by atoms with van der Waals surface area (Å²) in [7, 11) is 0. The minimum atomic E-state index is 0.861. The predicted octanol–water partition coefficient (Wildman–Crippen LogP) is 14.0. The average molecular weight is 661 g/mol. The Bertz CT molecular complexity index is 2690. The van der Waals surface area contributed by atoms with Crippen molar-refractivity contribution in [3.63, 3.8) is 0 Å². The lowest BCUT2D eigenvalue weighted by atomic mass is 9.89. The van der Waals surface area contributed by atoms with Crippen LogP contribution in [0.25, 0.3) is 77.2 Å². The molecular weight excluding hydrogens is 633 g/mol. The van der Waals surface area contributed by atoms with Gasteiger partial charge in [-0.1, -0.05) is 145 Å². The van der Waals surface area contributed by atoms with Crippen LogP contribution in [0, 0.1) is 0 Å². The molecule has 3 heteroatoms. The van der Waals surface area contributed by atoms with E-state index in [1.54, 1.807) is 0 Å². The molecule has 0 atom stereocenters. The van der Waals surface area contributed by atoms with Gasteiger partial charge in [0.1, 0.15) is 11.5 Å². The first-order valence-electron chi connectivity index (χ1n) is 16.5. The minimum absolute atomic E-state index is 0.861. The van der Waals surface area contributed by atoms with Crippen LogP contribution in [-0.4, -0.2) is 0 Å². The lowest BCUT2D eigenvalue weighted by Gasteiger charge is -2.20. The third-order valence-corrected chi connectivity index (χ3v) is 12.1. The fourth-order valence-corrected chi connectivity index (χ4v) is 9.46. The highest BCUT2D eigenvalue weighted by atomic mass is 32.2. The summed E-state index contributed by atoms with van der Waals surface area (Å²) >= 11 is 3.71. The highest BCUT2D eigenvalue weighted by molar-refractivity contribution is 8.05. The van der Waals surface area contributed by atoms with Crippen molar-refractivity contribution in [1.29, 1.82) is 0 Å². The fourth-order valence-electron chi connectivity index (χ4n) is 7.21. The second-order valence-electron chi connectivity index (χ2n) is 12.5. The molecule has 9 aromatic rings. The van der Waals surface area contributed by atoms with Gasteiger partial charge < -0.3 is 4.42 Å². The molecule has 1 aliphatic rings. The van der Waals surface area contributed by atoms with E-state index in [0.717, 1.165) is 22.6 Å². The van der Waals surface area contributed by atoms with E-state index >= 15 is 0 Å². The summed E-state index contributed by atoms with van der Waals surface area (Å²) in [5.41, 5.74) is 6.91. The van der Waals surface area contributed by atoms with Crippen LogP contribution in [0.15, 0.2) is 194 Å². The summed E-state index contributed by atoms with van der Waals surface area (Å²) < 4.78 is 6.46. The maximum Gasteiger partial charge on any atom is 0.134 e. The third kappa shape index (κ3) is 4.89. The lowest BCUT2D eigenvalue weighted by molar-refractivity contribution is 0.597. The Morgan fingerprint density at radius 1 is 0.286 bits per heavy atom. The number of hydrogen-bond acceptors (Lipinski definition) is 3. The molecule has 2 heterocycles. The Morgan fingerprint density at radius 3 is 1.51 bits per heavy atom. The molecule has 8 aromatic carbocycles. The first kappa shape index (κ1) is 28.5. The zero-order chi connectivity index (χ0) is 32.3. The molecule has 1 aliphatic heterocycles. The normalized spacial score (nSPS) is 12.3. The van der Waals surface area contributed by atoms with Crippen molar-refractivity contribution >= 4 is 55.8 Å². The van der Waals surface area contributed by atoms with Crippen LogP contribution in [0.1, 0.15) is 0 Å². The Balaban J connectivity index is 1.16. The van der Waals surface area contributed by atoms with E-state index < -0.39 is 0 Å². The van der Waals surface area contributed by atoms with Crippen molar-refractivity contribution in [2.75, 3.05) is 0 Å². The molecule has 0 aliphatic carbocycles. The minimum Gasteiger partial charge on any atom is -0.456 e. The van der Waals surface area contributed by atoms with Gasteiger partial charge in [-0.2, -0.15) is 0 Å². The highest BCUT2D eigenvalue weighted by Gasteiger charge is 2.20. The van der Waals surface area contributed by atoms with E-state index in [0.29, 0.717) is 0 Å². The van der Waals surface area contributed by atoms with E-state index in [1.165, 1.54) is 74.2 Å². The van der Waals surface area contributed by atoms with Crippen LogP contribution >= 0.6 is 23.5 Å². The molecule has 0 N–H and O–H groups in total. The molecule has 0 saturated carbocycles. The van der Waals surface area contributed by atoms with E-state index in [-0.39, 0.29) is 0 Å². The Kier molecular flexibility index (Phi) is 6.75. The summed E-state index contributed by atoms with van der Waals surface area (Å²) in [6.45, 7) is 0. The van der Waals surface area contributed by atoms with Gasteiger partial charge in [0.25, 0.3) is 0 Å². The van der Waals surface area contributed by atoms with Crippen molar-refractivity contribution in [3.8, 4) is 44.9 Å². The molecule has 0 amide bonds. The molecule has 49 heavy (non-hydrogen) atoms. The maximum absolute atomic E-state index is 6.46. The quantitative estimate of drug-likeness (QED) is 0.174. The van der Waals surface area contributed by atoms with Crippen LogP contribution in [0.2, 0.25) is 0 Å². The largest absolute Gasteiger partial charge is 0.456 e. The summed E-state index contributed by atoms with van der Waals surface area (Å²) in [5.74, 6) is 1.73. The van der Waals surface area contributed by atoms with Crippen LogP contribution in [0.3, 0.4) is 0 Å². The van der Waals surface area contributed by atoms with Crippen molar-refractivity contribution < 1.29 is 4.42 Å². The van der Waals surface area contributed by atoms with Gasteiger partial charge in [0.2, 0.25) is 0 Å². The fraction of sp³-hybridized carbons (Fsp3) is 0. The second-order valence-corrected chi connectivity index (χ2v) is 14.6. The molecule has 1 aromatic heterocycles. The highest BCUT2D eigenvalue weighted by Crippen LogP contribution is 2.50. The van der Waals surface area contributed by atoms with Gasteiger partial charge in [0, 0.05) is 30.7 Å². The summed E-state index contributed by atoms with van der Waals surface area (Å²) in [4.78, 5) is 5.22. The Morgan fingerprint density at radius 2 is 0.796 bits per heavy atom. The van der Waals surface area contributed by atoms with Gasteiger partial charge in [-0.05, 0) is 103 Å². The summed E-state index contributed by atoms with van der Waals surface area (Å²) in [5, 5.41) is 7.70. The first-order valence-corrected chi connectivity index (χ1v) is 18.1. The maximum atomic E-state index is 6.46. The molecule has 0 spiro atoms. The summed E-state index contributed by atoms with van der Waals surface area (Å²) in [6.07, 6.45) is 0. The molecule has 1 nitrogen and oxygen atoms in total. The van der Waals surface area contributed by atoms with Crippen molar-refractivity contribution in [1.82, 2.24) is 0 Å². The molecule has 0 bridgehead atoms. The number of rotatable bonds is 4. The molecule has 0 fully saturated rings. The number of hydrogen-bond donors (Lipinski definition) is 0. The zero-order valence-electron chi connectivity index (χ0n) is 26.4. The standard InChI is InChI=1S/C46H28OS2/c1-2-10-29(11-3-1)41-23-24-42(47-41)32-19-21-33(39(27-32)31-20-25-45-46(28-31)49-44-17-9-8-16-43(44)48-45)30-18-22-38-36-14-5-4-12-34(36)35-13-6-7-15-37(35)40(38)26-30/h1-28H. The SMILES string of the molecule is c1ccc(-c2ccc(-c3ccc(-c4ccc5c6ccccc6c6ccccc6c5c4)c(-c4ccc5c(c4)Sc4ccccc4S5)c3)o2)cc1. The van der Waals surface area contributed by atoms with Gasteiger partial charge in [-0.25, -0.2) is 0 Å². The molecular formula is C46H28OS2. The van der Waals surface area contributed by atoms with E-state index in [2.05, 4.69) is 152 Å². The van der Waals surface area contributed by atoms with Gasteiger partial charge >= 0.3 is 0 Å². The summed E-state index contributed by atoms with van der Waals surface area (Å²) in [6, 6.07) is 61.4. The molecule has 0 radical (unpaired) electrons. The monoisotopic (exact) mass is 660 g/mol. The van der Waals surface area contributed by atoms with Crippen molar-refractivity contribution in [2.45, 2.75) is 19.6 Å². The van der Waals surface area contributed by atoms with Crippen LogP contribution in [0.4, 0.5) is 0 Å². The van der Waals surface area contributed by atoms with E-state index in [4.69, 9.17) is 4.42 Å². The van der Waals surface area contributed by atoms with Gasteiger partial charge in [-0.3, -0.25) is 0 Å². The predicted molar refractivity (Wildman–Crippen MR) is 208 cm³/mol. The van der Waals surface area contributed by atoms with Gasteiger partial charge in [0.15, 0.2) is 0 Å². The number of furan rings is 1. The first-order chi connectivity index (χ1) is 24.3. The number of benzene rings is 8. The molecule has 0 saturated heterocycles. The molecule has 0 unspecified atom stereocenters. The van der Waals surface area contributed by atoms with E-state index in [9.17, 15) is 0 Å².